The number of pyridine rings is 1. The first-order valence-electron chi connectivity index (χ1n) is 9.71. The minimum absolute atomic E-state index is 0.0277. The van der Waals surface area contributed by atoms with Gasteiger partial charge in [-0.15, -0.1) is 0 Å². The van der Waals surface area contributed by atoms with Crippen LogP contribution in [-0.2, 0) is 11.3 Å². The van der Waals surface area contributed by atoms with Gasteiger partial charge in [0.15, 0.2) is 0 Å². The van der Waals surface area contributed by atoms with Gasteiger partial charge in [-0.25, -0.2) is 0 Å². The Bertz CT molecular complexity index is 1120. The van der Waals surface area contributed by atoms with Crippen molar-refractivity contribution in [3.05, 3.63) is 99.7 Å². The van der Waals surface area contributed by atoms with Crippen LogP contribution >= 0.6 is 0 Å². The molecule has 1 unspecified atom stereocenters. The zero-order valence-corrected chi connectivity index (χ0v) is 17.9. The van der Waals surface area contributed by atoms with Crippen LogP contribution in [0, 0.1) is 13.8 Å². The molecule has 2 heterocycles. The Morgan fingerprint density at radius 1 is 1.29 bits per heavy atom. The molecule has 0 radical (unpaired) electrons. The predicted molar refractivity (Wildman–Crippen MR) is 120 cm³/mol. The van der Waals surface area contributed by atoms with Crippen LogP contribution in [0.5, 0.6) is 0 Å². The van der Waals surface area contributed by atoms with Gasteiger partial charge < -0.3 is 16.0 Å². The van der Waals surface area contributed by atoms with Crippen LogP contribution in [0.3, 0.4) is 0 Å². The van der Waals surface area contributed by atoms with Gasteiger partial charge in [-0.2, -0.15) is 5.10 Å². The fraction of sp³-hybridized carbons (Fsp3) is 0.217. The minimum atomic E-state index is -0.481. The van der Waals surface area contributed by atoms with Gasteiger partial charge in [-0.05, 0) is 44.0 Å². The lowest BCUT2D eigenvalue weighted by molar-refractivity contribution is -0.113. The molecule has 2 aromatic heterocycles. The third kappa shape index (κ3) is 6.53. The van der Waals surface area contributed by atoms with Crippen molar-refractivity contribution in [3.63, 3.8) is 0 Å². The standard InChI is InChI=1S/C20H22N4O2.C3H5NO/c1-13-9-14(2)23-20(26)18(13)11-21-19(25)17-10-22-24(12-17)15(3)16-7-5-4-6-8-16;1-2-3(4)5/h4-10,12,15H,11H2,1-3H3,(H,21,25)(H,23,26);2H,1H2,(H2,4,5). The second-order valence-corrected chi connectivity index (χ2v) is 7.03. The van der Waals surface area contributed by atoms with Crippen LogP contribution in [0.4, 0.5) is 0 Å². The maximum Gasteiger partial charge on any atom is 0.254 e. The number of aryl methyl sites for hydroxylation is 2. The van der Waals surface area contributed by atoms with Gasteiger partial charge in [0.05, 0.1) is 17.8 Å². The third-order valence-corrected chi connectivity index (χ3v) is 4.66. The van der Waals surface area contributed by atoms with E-state index in [0.29, 0.717) is 11.1 Å². The molecule has 162 valence electrons. The Kier molecular flexibility index (Phi) is 8.08. The molecule has 31 heavy (non-hydrogen) atoms. The summed E-state index contributed by atoms with van der Waals surface area (Å²) in [6, 6.07) is 11.9. The fourth-order valence-electron chi connectivity index (χ4n) is 2.92. The van der Waals surface area contributed by atoms with Crippen LogP contribution in [-0.4, -0.2) is 26.6 Å². The summed E-state index contributed by atoms with van der Waals surface area (Å²) < 4.78 is 1.76. The van der Waals surface area contributed by atoms with E-state index in [-0.39, 0.29) is 24.1 Å². The molecule has 2 amide bonds. The van der Waals surface area contributed by atoms with Gasteiger partial charge in [0.25, 0.3) is 11.5 Å². The number of hydrogen-bond acceptors (Lipinski definition) is 4. The molecular weight excluding hydrogens is 394 g/mol. The number of primary amides is 1. The highest BCUT2D eigenvalue weighted by molar-refractivity contribution is 5.93. The number of carbonyl (C=O) groups excluding carboxylic acids is 2. The summed E-state index contributed by atoms with van der Waals surface area (Å²) in [6.45, 7) is 8.99. The number of rotatable bonds is 6. The quantitative estimate of drug-likeness (QED) is 0.529. The molecule has 1 aromatic carbocycles. The molecule has 8 heteroatoms. The van der Waals surface area contributed by atoms with Crippen LogP contribution < -0.4 is 16.6 Å². The number of H-pyrrole nitrogens is 1. The molecule has 8 nitrogen and oxygen atoms in total. The summed E-state index contributed by atoms with van der Waals surface area (Å²) in [4.78, 5) is 36.7. The third-order valence-electron chi connectivity index (χ3n) is 4.66. The molecule has 3 aromatic rings. The number of aromatic amines is 1. The van der Waals surface area contributed by atoms with Gasteiger partial charge in [-0.1, -0.05) is 36.9 Å². The van der Waals surface area contributed by atoms with Crippen LogP contribution in [0.15, 0.2) is 66.2 Å². The van der Waals surface area contributed by atoms with Crippen molar-refractivity contribution < 1.29 is 9.59 Å². The first-order valence-corrected chi connectivity index (χ1v) is 9.71. The average molecular weight is 422 g/mol. The SMILES string of the molecule is C=CC(N)=O.Cc1cc(C)c(CNC(=O)c2cnn(C(C)c3ccccc3)c2)c(=O)[nH]1. The highest BCUT2D eigenvalue weighted by Crippen LogP contribution is 2.17. The lowest BCUT2D eigenvalue weighted by atomic mass is 10.1. The van der Waals surface area contributed by atoms with Crippen molar-refractivity contribution in [2.24, 2.45) is 5.73 Å². The Morgan fingerprint density at radius 2 is 1.94 bits per heavy atom. The molecular formula is C23H27N5O3. The summed E-state index contributed by atoms with van der Waals surface area (Å²) in [6.07, 6.45) is 4.32. The molecule has 0 spiro atoms. The molecule has 3 rings (SSSR count). The molecule has 0 aliphatic rings. The average Bonchev–Trinajstić information content (AvgIpc) is 3.23. The highest BCUT2D eigenvalue weighted by atomic mass is 16.2. The Morgan fingerprint density at radius 3 is 2.52 bits per heavy atom. The fourth-order valence-corrected chi connectivity index (χ4v) is 2.92. The number of amides is 2. The van der Waals surface area contributed by atoms with Gasteiger partial charge in [0, 0.05) is 24.0 Å². The number of nitrogens with zero attached hydrogens (tertiary/aromatic N) is 2. The summed E-state index contributed by atoms with van der Waals surface area (Å²) in [7, 11) is 0. The van der Waals surface area contributed by atoms with Crippen molar-refractivity contribution in [2.75, 3.05) is 0 Å². The maximum atomic E-state index is 12.4. The second kappa shape index (κ2) is 10.7. The van der Waals surface area contributed by atoms with E-state index in [1.54, 1.807) is 17.1 Å². The molecule has 1 atom stereocenters. The molecule has 4 N–H and O–H groups in total. The van der Waals surface area contributed by atoms with Gasteiger partial charge in [0.1, 0.15) is 0 Å². The Labute approximate surface area is 180 Å². The lowest BCUT2D eigenvalue weighted by Crippen LogP contribution is -2.27. The van der Waals surface area contributed by atoms with E-state index in [9.17, 15) is 14.4 Å². The minimum Gasteiger partial charge on any atom is -0.366 e. The van der Waals surface area contributed by atoms with Crippen LogP contribution in [0.25, 0.3) is 0 Å². The van der Waals surface area contributed by atoms with Crippen molar-refractivity contribution in [1.82, 2.24) is 20.1 Å². The number of aromatic nitrogens is 3. The number of benzene rings is 1. The summed E-state index contributed by atoms with van der Waals surface area (Å²) in [5.74, 6) is -0.735. The monoisotopic (exact) mass is 421 g/mol. The van der Waals surface area contributed by atoms with Crippen molar-refractivity contribution in [1.29, 1.82) is 0 Å². The highest BCUT2D eigenvalue weighted by Gasteiger charge is 2.14. The van der Waals surface area contributed by atoms with Crippen molar-refractivity contribution >= 4 is 11.8 Å². The van der Waals surface area contributed by atoms with Crippen molar-refractivity contribution in [3.8, 4) is 0 Å². The predicted octanol–water partition coefficient (Wildman–Crippen LogP) is 2.39. The van der Waals surface area contributed by atoms with E-state index in [1.165, 1.54) is 0 Å². The summed E-state index contributed by atoms with van der Waals surface area (Å²) >= 11 is 0. The maximum absolute atomic E-state index is 12.4. The van der Waals surface area contributed by atoms with E-state index in [4.69, 9.17) is 0 Å². The van der Waals surface area contributed by atoms with E-state index < -0.39 is 5.91 Å². The zero-order valence-electron chi connectivity index (χ0n) is 17.9. The normalized spacial score (nSPS) is 11.1. The molecule has 0 fully saturated rings. The lowest BCUT2D eigenvalue weighted by Gasteiger charge is -2.12. The molecule has 0 aliphatic heterocycles. The van der Waals surface area contributed by atoms with Crippen molar-refractivity contribution in [2.45, 2.75) is 33.4 Å². The number of nitrogens with two attached hydrogens (primary N) is 1. The van der Waals surface area contributed by atoms with E-state index in [2.05, 4.69) is 27.7 Å². The van der Waals surface area contributed by atoms with E-state index in [0.717, 1.165) is 22.9 Å². The van der Waals surface area contributed by atoms with E-state index >= 15 is 0 Å². The summed E-state index contributed by atoms with van der Waals surface area (Å²) in [5, 5.41) is 7.10. The second-order valence-electron chi connectivity index (χ2n) is 7.03. The van der Waals surface area contributed by atoms with Gasteiger partial charge in [-0.3, -0.25) is 19.1 Å². The van der Waals surface area contributed by atoms with Crippen LogP contribution in [0.2, 0.25) is 0 Å². The zero-order chi connectivity index (χ0) is 23.0. The number of hydrogen-bond donors (Lipinski definition) is 3. The van der Waals surface area contributed by atoms with Crippen LogP contribution in [0.1, 0.15) is 45.7 Å². The van der Waals surface area contributed by atoms with E-state index in [1.807, 2.05) is 57.2 Å². The Balaban J connectivity index is 0.000000614. The molecule has 0 aliphatic carbocycles. The number of nitrogens with one attached hydrogen (secondary N) is 2. The topological polar surface area (TPSA) is 123 Å². The largest absolute Gasteiger partial charge is 0.366 e. The number of carbonyl (C=O) groups is 2. The smallest absolute Gasteiger partial charge is 0.254 e. The first-order chi connectivity index (χ1) is 14.7. The Hall–Kier alpha value is -3.94. The van der Waals surface area contributed by atoms with Gasteiger partial charge >= 0.3 is 0 Å². The molecule has 0 bridgehead atoms. The summed E-state index contributed by atoms with van der Waals surface area (Å²) in [5.41, 5.74) is 8.18. The molecule has 0 saturated heterocycles. The molecule has 0 saturated carbocycles. The van der Waals surface area contributed by atoms with Gasteiger partial charge in [0.2, 0.25) is 5.91 Å². The first kappa shape index (κ1) is 23.3.